The van der Waals surface area contributed by atoms with Crippen molar-refractivity contribution in [3.05, 3.63) is 47.0 Å². The van der Waals surface area contributed by atoms with E-state index in [-0.39, 0.29) is 31.2 Å². The number of allylic oxidation sites excluding steroid dienone is 1. The zero-order valence-corrected chi connectivity index (χ0v) is 31.6. The van der Waals surface area contributed by atoms with E-state index in [0.717, 1.165) is 60.2 Å². The highest BCUT2D eigenvalue weighted by molar-refractivity contribution is 7.91. The van der Waals surface area contributed by atoms with Crippen LogP contribution < -0.4 is 25.2 Å². The van der Waals surface area contributed by atoms with Crippen molar-refractivity contribution >= 4 is 50.0 Å². The average molecular weight is 763 g/mol. The molecule has 53 heavy (non-hydrogen) atoms. The molecule has 1 saturated heterocycles. The van der Waals surface area contributed by atoms with Gasteiger partial charge in [-0.3, -0.25) is 19.1 Å². The molecule has 3 aliphatic carbocycles. The Hall–Kier alpha value is -4.08. The fourth-order valence-electron chi connectivity index (χ4n) is 7.70. The Labute approximate surface area is 313 Å². The molecule has 15 heteroatoms. The molecule has 5 aliphatic rings. The zero-order chi connectivity index (χ0) is 37.1. The van der Waals surface area contributed by atoms with E-state index in [1.807, 2.05) is 37.3 Å². The first-order valence-electron chi connectivity index (χ1n) is 18.7. The van der Waals surface area contributed by atoms with Crippen LogP contribution in [0.2, 0.25) is 0 Å². The van der Waals surface area contributed by atoms with Crippen LogP contribution in [0.15, 0.2) is 35.7 Å². The van der Waals surface area contributed by atoms with Crippen LogP contribution in [0.3, 0.4) is 0 Å². The number of carbonyl (C=O) groups is 3. The SMILES string of the molecule is COc1ccc2c(O[C@@H]3C[C@H]4C(=O)N[C@]5(C(=O)NS(=O)(=O)C6CC6)C[C@@H]5/C=C\CCCCC[C@H](N)C(=O)N4C3)cc(-c3nc(C4CC4)cs3)nc2c1C. The van der Waals surface area contributed by atoms with Crippen molar-refractivity contribution in [1.29, 1.82) is 0 Å². The number of carbonyl (C=O) groups excluding carboxylic acids is 3. The van der Waals surface area contributed by atoms with Crippen LogP contribution in [0.25, 0.3) is 21.6 Å². The van der Waals surface area contributed by atoms with Gasteiger partial charge in [-0.15, -0.1) is 11.3 Å². The second kappa shape index (κ2) is 14.0. The van der Waals surface area contributed by atoms with Crippen LogP contribution in [0.1, 0.15) is 87.8 Å². The number of pyridine rings is 1. The molecule has 2 aliphatic heterocycles. The molecule has 4 heterocycles. The predicted molar refractivity (Wildman–Crippen MR) is 200 cm³/mol. The normalized spacial score (nSPS) is 28.6. The van der Waals surface area contributed by atoms with Gasteiger partial charge in [0, 0.05) is 40.7 Å². The maximum atomic E-state index is 14.3. The van der Waals surface area contributed by atoms with Gasteiger partial charge < -0.3 is 25.4 Å². The summed E-state index contributed by atoms with van der Waals surface area (Å²) < 4.78 is 40.2. The lowest BCUT2D eigenvalue weighted by Crippen LogP contribution is -2.57. The molecule has 4 fully saturated rings. The summed E-state index contributed by atoms with van der Waals surface area (Å²) in [5, 5.41) is 5.94. The number of benzene rings is 1. The third-order valence-corrected chi connectivity index (χ3v) is 14.0. The van der Waals surface area contributed by atoms with E-state index >= 15 is 0 Å². The van der Waals surface area contributed by atoms with Gasteiger partial charge in [-0.2, -0.15) is 0 Å². The summed E-state index contributed by atoms with van der Waals surface area (Å²) in [6, 6.07) is 3.82. The van der Waals surface area contributed by atoms with Crippen molar-refractivity contribution in [3.8, 4) is 22.2 Å². The summed E-state index contributed by atoms with van der Waals surface area (Å²) in [5.41, 5.74) is 8.30. The summed E-state index contributed by atoms with van der Waals surface area (Å²) in [5.74, 6) is -0.306. The lowest BCUT2D eigenvalue weighted by Gasteiger charge is -2.28. The average Bonchev–Trinajstić information content (AvgIpc) is 4.09. The molecule has 282 valence electrons. The van der Waals surface area contributed by atoms with Crippen LogP contribution in [0, 0.1) is 12.8 Å². The van der Waals surface area contributed by atoms with Crippen molar-refractivity contribution in [2.75, 3.05) is 13.7 Å². The van der Waals surface area contributed by atoms with Crippen molar-refractivity contribution in [2.45, 2.75) is 112 Å². The summed E-state index contributed by atoms with van der Waals surface area (Å²) in [7, 11) is -2.23. The molecule has 0 unspecified atom stereocenters. The molecule has 3 amide bonds. The Morgan fingerprint density at radius 2 is 1.91 bits per heavy atom. The number of hydrogen-bond acceptors (Lipinski definition) is 11. The number of aryl methyl sites for hydroxylation is 1. The van der Waals surface area contributed by atoms with Gasteiger partial charge in [0.05, 0.1) is 36.2 Å². The number of fused-ring (bicyclic) bond motifs is 3. The minimum absolute atomic E-state index is 0.0978. The number of rotatable bonds is 8. The summed E-state index contributed by atoms with van der Waals surface area (Å²) in [6.45, 7) is 2.04. The molecule has 13 nitrogen and oxygen atoms in total. The lowest BCUT2D eigenvalue weighted by molar-refractivity contribution is -0.140. The van der Waals surface area contributed by atoms with E-state index in [1.54, 1.807) is 7.11 Å². The van der Waals surface area contributed by atoms with Crippen molar-refractivity contribution in [2.24, 2.45) is 11.7 Å². The molecule has 4 N–H and O–H groups in total. The largest absolute Gasteiger partial charge is 0.496 e. The second-order valence-corrected chi connectivity index (χ2v) is 18.1. The van der Waals surface area contributed by atoms with E-state index in [1.165, 1.54) is 16.2 Å². The van der Waals surface area contributed by atoms with Crippen LogP contribution in [0.5, 0.6) is 11.5 Å². The van der Waals surface area contributed by atoms with Gasteiger partial charge in [0.25, 0.3) is 5.91 Å². The molecule has 5 atom stereocenters. The molecule has 0 spiro atoms. The minimum Gasteiger partial charge on any atom is -0.496 e. The quantitative estimate of drug-likeness (QED) is 0.281. The Kier molecular flexibility index (Phi) is 9.46. The number of hydrogen-bond donors (Lipinski definition) is 3. The first-order valence-corrected chi connectivity index (χ1v) is 21.1. The fraction of sp³-hybridized carbons (Fsp3) is 0.553. The van der Waals surface area contributed by atoms with Crippen molar-refractivity contribution < 1.29 is 32.3 Å². The summed E-state index contributed by atoms with van der Waals surface area (Å²) >= 11 is 1.54. The third-order valence-electron chi connectivity index (χ3n) is 11.3. The number of nitrogens with two attached hydrogens (primary N) is 1. The summed E-state index contributed by atoms with van der Waals surface area (Å²) in [6.07, 6.45) is 10.7. The number of methoxy groups -OCH3 is 1. The maximum Gasteiger partial charge on any atom is 0.259 e. The van der Waals surface area contributed by atoms with Crippen LogP contribution in [-0.4, -0.2) is 83.6 Å². The van der Waals surface area contributed by atoms with Gasteiger partial charge in [-0.05, 0) is 70.4 Å². The standard InChI is InChI=1S/C38H46N6O7S2/c1-21-31(50-2)15-14-26-32(17-28(40-33(21)26)35-41-29(20-52-35)22-10-11-22)51-24-16-30-34(45)42-38(37(47)43-53(48,49)25-12-13-25)18-23(38)8-6-4-3-5-7-9-27(39)36(46)44(30)19-24/h6,8,14-15,17,20,22-25,27,30H,3-5,7,9-13,16,18-19,39H2,1-2H3,(H,42,45)(H,43,47)/b8-6-/t23-,24+,27-,30-,38+/m0/s1. The maximum absolute atomic E-state index is 14.3. The number of amides is 3. The smallest absolute Gasteiger partial charge is 0.259 e. The predicted octanol–water partition coefficient (Wildman–Crippen LogP) is 4.23. The third kappa shape index (κ3) is 7.15. The monoisotopic (exact) mass is 762 g/mol. The highest BCUT2D eigenvalue weighted by atomic mass is 32.2. The van der Waals surface area contributed by atoms with Gasteiger partial charge in [0.15, 0.2) is 0 Å². The highest BCUT2D eigenvalue weighted by Crippen LogP contribution is 2.46. The van der Waals surface area contributed by atoms with Crippen LogP contribution >= 0.6 is 11.3 Å². The molecule has 0 bridgehead atoms. The number of sulfonamides is 1. The molecule has 1 aromatic carbocycles. The molecule has 8 rings (SSSR count). The number of nitrogens with one attached hydrogen (secondary N) is 2. The van der Waals surface area contributed by atoms with Gasteiger partial charge in [-0.25, -0.2) is 18.4 Å². The zero-order valence-electron chi connectivity index (χ0n) is 30.0. The lowest BCUT2D eigenvalue weighted by atomic mass is 10.1. The van der Waals surface area contributed by atoms with Gasteiger partial charge in [-0.1, -0.05) is 25.0 Å². The van der Waals surface area contributed by atoms with Crippen molar-refractivity contribution in [1.82, 2.24) is 24.9 Å². The van der Waals surface area contributed by atoms with E-state index < -0.39 is 50.8 Å². The Bertz CT molecular complexity index is 2090. The molecule has 3 aromatic rings. The molecule has 3 saturated carbocycles. The fourth-order valence-corrected chi connectivity index (χ4v) is 9.92. The number of thiazole rings is 1. The Balaban J connectivity index is 1.11. The molecule has 2 aromatic heterocycles. The minimum atomic E-state index is -3.85. The van der Waals surface area contributed by atoms with Gasteiger partial charge in [0.2, 0.25) is 21.8 Å². The Morgan fingerprint density at radius 3 is 2.66 bits per heavy atom. The highest BCUT2D eigenvalue weighted by Gasteiger charge is 2.62. The molecular formula is C38H46N6O7S2. The summed E-state index contributed by atoms with van der Waals surface area (Å²) in [4.78, 5) is 53.3. The first-order chi connectivity index (χ1) is 25.5. The number of aromatic nitrogens is 2. The van der Waals surface area contributed by atoms with Gasteiger partial charge in [0.1, 0.15) is 39.9 Å². The van der Waals surface area contributed by atoms with Crippen LogP contribution in [-0.2, 0) is 24.4 Å². The molecule has 0 radical (unpaired) electrons. The molecular weight excluding hydrogens is 717 g/mol. The van der Waals surface area contributed by atoms with E-state index in [4.69, 9.17) is 25.2 Å². The van der Waals surface area contributed by atoms with E-state index in [2.05, 4.69) is 15.4 Å². The van der Waals surface area contributed by atoms with Crippen molar-refractivity contribution in [3.63, 3.8) is 0 Å². The second-order valence-electron chi connectivity index (χ2n) is 15.2. The Morgan fingerprint density at radius 1 is 1.09 bits per heavy atom. The first kappa shape index (κ1) is 35.9. The van der Waals surface area contributed by atoms with Gasteiger partial charge >= 0.3 is 0 Å². The van der Waals surface area contributed by atoms with E-state index in [0.29, 0.717) is 47.9 Å². The van der Waals surface area contributed by atoms with Crippen LogP contribution in [0.4, 0.5) is 0 Å². The number of nitrogens with zero attached hydrogens (tertiary/aromatic N) is 3. The number of ether oxygens (including phenoxy) is 2. The topological polar surface area (TPSA) is 183 Å². The van der Waals surface area contributed by atoms with E-state index in [9.17, 15) is 22.8 Å².